The Kier molecular flexibility index (Phi) is 6.41. The van der Waals surface area contributed by atoms with Crippen molar-refractivity contribution >= 4 is 33.3 Å². The van der Waals surface area contributed by atoms with Gasteiger partial charge in [-0.3, -0.25) is 4.68 Å². The van der Waals surface area contributed by atoms with Crippen molar-refractivity contribution in [2.45, 2.75) is 37.1 Å². The molecule has 1 aromatic carbocycles. The topological polar surface area (TPSA) is 136 Å². The van der Waals surface area contributed by atoms with Gasteiger partial charge in [-0.25, -0.2) is 27.9 Å². The van der Waals surface area contributed by atoms with Crippen molar-refractivity contribution in [1.29, 1.82) is 0 Å². The number of anilines is 2. The number of nitrogens with zero attached hydrogens (tertiary/aromatic N) is 4. The molecule has 0 unspecified atom stereocenters. The summed E-state index contributed by atoms with van der Waals surface area (Å²) in [6.45, 7) is 3.01. The van der Waals surface area contributed by atoms with E-state index in [2.05, 4.69) is 20.4 Å². The summed E-state index contributed by atoms with van der Waals surface area (Å²) in [5.74, 6) is -1.64. The maximum absolute atomic E-state index is 14.5. The molecular formula is C18H17ClF4N6O3S. The Hall–Kier alpha value is -2.81. The molecule has 0 amide bonds. The number of alkyl halides is 3. The van der Waals surface area contributed by atoms with Crippen molar-refractivity contribution in [3.63, 3.8) is 0 Å². The largest absolute Gasteiger partial charge is 0.419 e. The molecule has 178 valence electrons. The van der Waals surface area contributed by atoms with Crippen LogP contribution in [-0.2, 0) is 22.7 Å². The summed E-state index contributed by atoms with van der Waals surface area (Å²) in [6, 6.07) is 1.90. The van der Waals surface area contributed by atoms with Gasteiger partial charge in [-0.15, -0.1) is 0 Å². The molecule has 0 aliphatic rings. The van der Waals surface area contributed by atoms with Crippen LogP contribution in [0.5, 0.6) is 0 Å². The normalized spacial score (nSPS) is 12.8. The van der Waals surface area contributed by atoms with Crippen molar-refractivity contribution in [2.24, 2.45) is 5.14 Å². The van der Waals surface area contributed by atoms with Crippen molar-refractivity contribution in [1.82, 2.24) is 19.7 Å². The summed E-state index contributed by atoms with van der Waals surface area (Å²) in [6.07, 6.45) is -1.91. The first-order valence-corrected chi connectivity index (χ1v) is 11.0. The summed E-state index contributed by atoms with van der Waals surface area (Å²) in [5, 5.41) is 20.4. The molecule has 0 saturated heterocycles. The minimum absolute atomic E-state index is 0.00461. The number of benzene rings is 1. The second-order valence-electron chi connectivity index (χ2n) is 7.60. The third-order valence-corrected chi connectivity index (χ3v) is 5.58. The smallest absolute Gasteiger partial charge is 0.389 e. The third-order valence-electron chi connectivity index (χ3n) is 4.15. The van der Waals surface area contributed by atoms with Crippen LogP contribution in [0.25, 0.3) is 11.3 Å². The zero-order chi connectivity index (χ0) is 24.8. The maximum atomic E-state index is 14.5. The van der Waals surface area contributed by atoms with Crippen LogP contribution < -0.4 is 10.5 Å². The van der Waals surface area contributed by atoms with Crippen molar-refractivity contribution in [3.8, 4) is 11.3 Å². The van der Waals surface area contributed by atoms with E-state index in [-0.39, 0.29) is 12.1 Å². The average molecular weight is 509 g/mol. The molecule has 0 fully saturated rings. The molecule has 15 heteroatoms. The van der Waals surface area contributed by atoms with E-state index in [0.717, 1.165) is 18.3 Å². The molecule has 4 N–H and O–H groups in total. The average Bonchev–Trinajstić information content (AvgIpc) is 3.10. The lowest BCUT2D eigenvalue weighted by atomic mass is 10.1. The summed E-state index contributed by atoms with van der Waals surface area (Å²) in [5.41, 5.74) is -3.31. The molecule has 0 atom stereocenters. The van der Waals surface area contributed by atoms with Gasteiger partial charge in [0, 0.05) is 18.0 Å². The summed E-state index contributed by atoms with van der Waals surface area (Å²) >= 11 is 5.72. The third kappa shape index (κ3) is 5.76. The first-order valence-electron chi connectivity index (χ1n) is 9.03. The van der Waals surface area contributed by atoms with Crippen LogP contribution >= 0.6 is 11.6 Å². The highest BCUT2D eigenvalue weighted by molar-refractivity contribution is 7.89. The number of primary sulfonamides is 1. The molecule has 3 aromatic rings. The second-order valence-corrected chi connectivity index (χ2v) is 9.51. The molecule has 0 aliphatic heterocycles. The van der Waals surface area contributed by atoms with Gasteiger partial charge in [0.15, 0.2) is 5.82 Å². The highest BCUT2D eigenvalue weighted by Gasteiger charge is 2.36. The van der Waals surface area contributed by atoms with E-state index in [9.17, 15) is 31.1 Å². The Labute approximate surface area is 190 Å². The lowest BCUT2D eigenvalue weighted by molar-refractivity contribution is -0.137. The number of aromatic nitrogens is 4. The Balaban J connectivity index is 2.04. The lowest BCUT2D eigenvalue weighted by Crippen LogP contribution is -2.26. The number of hydrogen-bond acceptors (Lipinski definition) is 7. The molecule has 2 heterocycles. The second kappa shape index (κ2) is 8.52. The molecule has 3 rings (SSSR count). The quantitative estimate of drug-likeness (QED) is 0.434. The van der Waals surface area contributed by atoms with Gasteiger partial charge < -0.3 is 10.4 Å². The SMILES string of the molecule is CC(C)(O)Cn1cc(-c2nc(Nc3ccc(S(N)(=O)=O)c(Cl)c3F)ncc2C(F)(F)F)cn1. The first kappa shape index (κ1) is 24.8. The van der Waals surface area contributed by atoms with Gasteiger partial charge in [0.25, 0.3) is 0 Å². The highest BCUT2D eigenvalue weighted by Crippen LogP contribution is 2.37. The number of sulfonamides is 1. The first-order chi connectivity index (χ1) is 15.1. The fourth-order valence-corrected chi connectivity index (χ4v) is 3.89. The maximum Gasteiger partial charge on any atom is 0.419 e. The summed E-state index contributed by atoms with van der Waals surface area (Å²) in [4.78, 5) is 6.75. The number of nitrogens with two attached hydrogens (primary N) is 1. The molecular weight excluding hydrogens is 492 g/mol. The Morgan fingerprint density at radius 1 is 1.24 bits per heavy atom. The minimum atomic E-state index is -4.81. The van der Waals surface area contributed by atoms with Gasteiger partial charge >= 0.3 is 6.18 Å². The van der Waals surface area contributed by atoms with Crippen LogP contribution in [0.2, 0.25) is 5.02 Å². The molecule has 0 aliphatic carbocycles. The van der Waals surface area contributed by atoms with Crippen LogP contribution in [0.15, 0.2) is 35.6 Å². The van der Waals surface area contributed by atoms with Gasteiger partial charge in [-0.1, -0.05) is 11.6 Å². The Morgan fingerprint density at radius 2 is 1.91 bits per heavy atom. The predicted molar refractivity (Wildman–Crippen MR) is 111 cm³/mol. The predicted octanol–water partition coefficient (Wildman–Crippen LogP) is 3.31. The van der Waals surface area contributed by atoms with E-state index >= 15 is 0 Å². The van der Waals surface area contributed by atoms with Gasteiger partial charge in [-0.05, 0) is 26.0 Å². The molecule has 33 heavy (non-hydrogen) atoms. The minimum Gasteiger partial charge on any atom is -0.389 e. The van der Waals surface area contributed by atoms with E-state index < -0.39 is 60.4 Å². The van der Waals surface area contributed by atoms with Gasteiger partial charge in [-0.2, -0.15) is 18.3 Å². The Bertz CT molecular complexity index is 1310. The number of nitrogens with one attached hydrogen (secondary N) is 1. The number of rotatable bonds is 6. The summed E-state index contributed by atoms with van der Waals surface area (Å²) in [7, 11) is -4.30. The monoisotopic (exact) mass is 508 g/mol. The molecule has 9 nitrogen and oxygen atoms in total. The molecule has 0 saturated carbocycles. The van der Waals surface area contributed by atoms with Gasteiger partial charge in [0.05, 0.1) is 34.7 Å². The molecule has 2 aromatic heterocycles. The number of aliphatic hydroxyl groups is 1. The van der Waals surface area contributed by atoms with Crippen LogP contribution in [-0.4, -0.2) is 38.9 Å². The molecule has 0 bridgehead atoms. The lowest BCUT2D eigenvalue weighted by Gasteiger charge is -2.16. The Morgan fingerprint density at radius 3 is 2.48 bits per heavy atom. The van der Waals surface area contributed by atoms with Crippen LogP contribution in [0, 0.1) is 5.82 Å². The van der Waals surface area contributed by atoms with Crippen molar-refractivity contribution in [2.75, 3.05) is 5.32 Å². The van der Waals surface area contributed by atoms with E-state index in [1.54, 1.807) is 0 Å². The zero-order valence-corrected chi connectivity index (χ0v) is 18.6. The van der Waals surface area contributed by atoms with Gasteiger partial charge in [0.2, 0.25) is 16.0 Å². The standard InChI is InChI=1S/C18H17ClF4N6O3S/c1-17(2,30)8-29-7-9(5-26-29)15-10(18(21,22)23)6-25-16(28-15)27-11-3-4-12(33(24,31)32)13(19)14(11)20/h3-7,30H,8H2,1-2H3,(H2,24,31,32)(H,25,27,28). The number of halogens is 5. The summed E-state index contributed by atoms with van der Waals surface area (Å²) < 4.78 is 79.3. The molecule has 0 radical (unpaired) electrons. The fourth-order valence-electron chi connectivity index (χ4n) is 2.81. The van der Waals surface area contributed by atoms with E-state index in [4.69, 9.17) is 16.7 Å². The van der Waals surface area contributed by atoms with E-state index in [0.29, 0.717) is 6.20 Å². The van der Waals surface area contributed by atoms with Crippen LogP contribution in [0.1, 0.15) is 19.4 Å². The van der Waals surface area contributed by atoms with Crippen molar-refractivity contribution in [3.05, 3.63) is 47.1 Å². The van der Waals surface area contributed by atoms with Gasteiger partial charge in [0.1, 0.15) is 10.5 Å². The zero-order valence-electron chi connectivity index (χ0n) is 17.0. The van der Waals surface area contributed by atoms with E-state index in [1.807, 2.05) is 0 Å². The fraction of sp³-hybridized carbons (Fsp3) is 0.278. The van der Waals surface area contributed by atoms with Crippen LogP contribution in [0.3, 0.4) is 0 Å². The van der Waals surface area contributed by atoms with E-state index in [1.165, 1.54) is 24.7 Å². The molecule has 0 spiro atoms. The number of hydrogen-bond donors (Lipinski definition) is 3. The highest BCUT2D eigenvalue weighted by atomic mass is 35.5. The van der Waals surface area contributed by atoms with Crippen molar-refractivity contribution < 1.29 is 31.1 Å². The van der Waals surface area contributed by atoms with Crippen LogP contribution in [0.4, 0.5) is 29.2 Å².